The maximum absolute atomic E-state index is 5.74. The van der Waals surface area contributed by atoms with Crippen LogP contribution in [0.5, 0.6) is 17.2 Å². The van der Waals surface area contributed by atoms with E-state index in [9.17, 15) is 0 Å². The molecular formula is C19H27IN4O4. The summed E-state index contributed by atoms with van der Waals surface area (Å²) in [6, 6.07) is 7.49. The predicted octanol–water partition coefficient (Wildman–Crippen LogP) is 3.28. The predicted molar refractivity (Wildman–Crippen MR) is 117 cm³/mol. The summed E-state index contributed by atoms with van der Waals surface area (Å²) in [6.07, 6.45) is 0. The Balaban J connectivity index is 0.00000280. The van der Waals surface area contributed by atoms with Crippen molar-refractivity contribution in [3.63, 3.8) is 0 Å². The number of halogens is 1. The highest BCUT2D eigenvalue weighted by molar-refractivity contribution is 14.0. The normalized spacial score (nSPS) is 12.6. The zero-order chi connectivity index (χ0) is 19.1. The second-order valence-electron chi connectivity index (χ2n) is 6.36. The molecule has 0 saturated carbocycles. The highest BCUT2D eigenvalue weighted by Crippen LogP contribution is 2.34. The van der Waals surface area contributed by atoms with Gasteiger partial charge in [-0.1, -0.05) is 19.0 Å². The van der Waals surface area contributed by atoms with Crippen LogP contribution in [0.15, 0.2) is 33.8 Å². The SMILES string of the molecule is CCNC(=NCc1cc(C(C)C)no1)NCCOc1ccc2c(c1)OCO2.I. The van der Waals surface area contributed by atoms with Crippen molar-refractivity contribution in [2.24, 2.45) is 4.99 Å². The van der Waals surface area contributed by atoms with E-state index in [0.717, 1.165) is 29.5 Å². The minimum Gasteiger partial charge on any atom is -0.492 e. The van der Waals surface area contributed by atoms with Crippen LogP contribution >= 0.6 is 24.0 Å². The average Bonchev–Trinajstić information content (AvgIpc) is 3.31. The Morgan fingerprint density at radius 1 is 1.21 bits per heavy atom. The molecule has 0 bridgehead atoms. The fourth-order valence-corrected chi connectivity index (χ4v) is 2.48. The van der Waals surface area contributed by atoms with E-state index in [1.165, 1.54) is 0 Å². The summed E-state index contributed by atoms with van der Waals surface area (Å²) in [5.41, 5.74) is 0.940. The monoisotopic (exact) mass is 502 g/mol. The first kappa shape index (κ1) is 22.1. The number of hydrogen-bond acceptors (Lipinski definition) is 6. The Kier molecular flexibility index (Phi) is 8.68. The molecule has 0 aliphatic carbocycles. The average molecular weight is 502 g/mol. The molecule has 0 spiro atoms. The molecule has 154 valence electrons. The first-order valence-electron chi connectivity index (χ1n) is 9.16. The van der Waals surface area contributed by atoms with Crippen LogP contribution in [0, 0.1) is 0 Å². The number of benzene rings is 1. The number of aromatic nitrogens is 1. The smallest absolute Gasteiger partial charge is 0.231 e. The van der Waals surface area contributed by atoms with Crippen LogP contribution in [0.3, 0.4) is 0 Å². The maximum atomic E-state index is 5.74. The Hall–Kier alpha value is -2.17. The van der Waals surface area contributed by atoms with E-state index in [1.807, 2.05) is 31.2 Å². The van der Waals surface area contributed by atoms with Gasteiger partial charge in [-0.3, -0.25) is 0 Å². The van der Waals surface area contributed by atoms with E-state index < -0.39 is 0 Å². The lowest BCUT2D eigenvalue weighted by molar-refractivity contribution is 0.173. The summed E-state index contributed by atoms with van der Waals surface area (Å²) >= 11 is 0. The Bertz CT molecular complexity index is 779. The lowest BCUT2D eigenvalue weighted by Crippen LogP contribution is -2.39. The van der Waals surface area contributed by atoms with Gasteiger partial charge in [0.2, 0.25) is 6.79 Å². The molecule has 3 rings (SSSR count). The molecule has 2 aromatic rings. The van der Waals surface area contributed by atoms with Gasteiger partial charge in [0.1, 0.15) is 18.9 Å². The lowest BCUT2D eigenvalue weighted by atomic mass is 10.1. The van der Waals surface area contributed by atoms with Gasteiger partial charge in [0.15, 0.2) is 23.2 Å². The van der Waals surface area contributed by atoms with Gasteiger partial charge in [0.25, 0.3) is 0 Å². The van der Waals surface area contributed by atoms with Gasteiger partial charge in [-0.2, -0.15) is 0 Å². The van der Waals surface area contributed by atoms with Crippen molar-refractivity contribution in [3.05, 3.63) is 35.7 Å². The third-order valence-corrected chi connectivity index (χ3v) is 3.91. The topological polar surface area (TPSA) is 90.1 Å². The molecule has 0 saturated heterocycles. The summed E-state index contributed by atoms with van der Waals surface area (Å²) in [6.45, 7) is 8.73. The minimum atomic E-state index is 0. The van der Waals surface area contributed by atoms with Crippen molar-refractivity contribution in [2.45, 2.75) is 33.2 Å². The van der Waals surface area contributed by atoms with E-state index in [4.69, 9.17) is 18.7 Å². The standard InChI is InChI=1S/C19H26N4O4.HI/c1-4-20-19(22-11-15-9-16(13(2)3)23-27-15)21-7-8-24-14-5-6-17-18(10-14)26-12-25-17;/h5-6,9-10,13H,4,7-8,11-12H2,1-3H3,(H2,20,21,22);1H. The molecule has 0 unspecified atom stereocenters. The summed E-state index contributed by atoms with van der Waals surface area (Å²) in [5, 5.41) is 10.5. The number of nitrogens with zero attached hydrogens (tertiary/aromatic N) is 2. The molecular weight excluding hydrogens is 475 g/mol. The van der Waals surface area contributed by atoms with Crippen LogP contribution in [-0.4, -0.2) is 37.6 Å². The molecule has 0 amide bonds. The number of nitrogens with one attached hydrogen (secondary N) is 2. The first-order valence-corrected chi connectivity index (χ1v) is 9.16. The highest BCUT2D eigenvalue weighted by Gasteiger charge is 2.13. The van der Waals surface area contributed by atoms with E-state index in [2.05, 4.69) is 34.6 Å². The molecule has 0 atom stereocenters. The lowest BCUT2D eigenvalue weighted by Gasteiger charge is -2.12. The summed E-state index contributed by atoms with van der Waals surface area (Å²) in [7, 11) is 0. The second-order valence-corrected chi connectivity index (χ2v) is 6.36. The Morgan fingerprint density at radius 2 is 2.04 bits per heavy atom. The van der Waals surface area contributed by atoms with Crippen molar-refractivity contribution in [2.75, 3.05) is 26.5 Å². The minimum absolute atomic E-state index is 0. The van der Waals surface area contributed by atoms with Gasteiger partial charge in [-0.05, 0) is 25.0 Å². The van der Waals surface area contributed by atoms with Crippen molar-refractivity contribution >= 4 is 29.9 Å². The fraction of sp³-hybridized carbons (Fsp3) is 0.474. The summed E-state index contributed by atoms with van der Waals surface area (Å²) in [4.78, 5) is 4.52. The van der Waals surface area contributed by atoms with Crippen LogP contribution in [0.1, 0.15) is 38.1 Å². The van der Waals surface area contributed by atoms with E-state index in [-0.39, 0.29) is 30.8 Å². The maximum Gasteiger partial charge on any atom is 0.231 e. The van der Waals surface area contributed by atoms with Gasteiger partial charge >= 0.3 is 0 Å². The van der Waals surface area contributed by atoms with Crippen LogP contribution in [-0.2, 0) is 6.54 Å². The molecule has 1 aliphatic heterocycles. The first-order chi connectivity index (χ1) is 13.2. The number of rotatable bonds is 8. The highest BCUT2D eigenvalue weighted by atomic mass is 127. The fourth-order valence-electron chi connectivity index (χ4n) is 2.48. The van der Waals surface area contributed by atoms with Crippen LogP contribution in [0.2, 0.25) is 0 Å². The molecule has 2 N–H and O–H groups in total. The molecule has 0 radical (unpaired) electrons. The third-order valence-electron chi connectivity index (χ3n) is 3.91. The summed E-state index contributed by atoms with van der Waals surface area (Å²) in [5.74, 6) is 3.98. The number of aliphatic imine (C=N–C) groups is 1. The van der Waals surface area contributed by atoms with E-state index in [1.54, 1.807) is 0 Å². The van der Waals surface area contributed by atoms with Crippen LogP contribution < -0.4 is 24.8 Å². The quantitative estimate of drug-likeness (QED) is 0.248. The Morgan fingerprint density at radius 3 is 2.79 bits per heavy atom. The molecule has 1 aliphatic rings. The molecule has 28 heavy (non-hydrogen) atoms. The zero-order valence-electron chi connectivity index (χ0n) is 16.4. The number of ether oxygens (including phenoxy) is 3. The van der Waals surface area contributed by atoms with Crippen molar-refractivity contribution < 1.29 is 18.7 Å². The molecule has 1 aromatic carbocycles. The molecule has 9 heteroatoms. The number of guanidine groups is 1. The van der Waals surface area contributed by atoms with Crippen molar-refractivity contribution in [1.29, 1.82) is 0 Å². The van der Waals surface area contributed by atoms with Gasteiger partial charge in [0.05, 0.1) is 12.2 Å². The van der Waals surface area contributed by atoms with E-state index >= 15 is 0 Å². The van der Waals surface area contributed by atoms with Crippen LogP contribution in [0.4, 0.5) is 0 Å². The van der Waals surface area contributed by atoms with Crippen molar-refractivity contribution in [1.82, 2.24) is 15.8 Å². The number of hydrogen-bond donors (Lipinski definition) is 2. The third kappa shape index (κ3) is 6.18. The molecule has 0 fully saturated rings. The molecule has 8 nitrogen and oxygen atoms in total. The molecule has 1 aromatic heterocycles. The van der Waals surface area contributed by atoms with Crippen LogP contribution in [0.25, 0.3) is 0 Å². The van der Waals surface area contributed by atoms with E-state index in [0.29, 0.717) is 37.3 Å². The number of fused-ring (bicyclic) bond motifs is 1. The Labute approximate surface area is 182 Å². The second kappa shape index (κ2) is 11.0. The largest absolute Gasteiger partial charge is 0.492 e. The van der Waals surface area contributed by atoms with Gasteiger partial charge < -0.3 is 29.4 Å². The summed E-state index contributed by atoms with van der Waals surface area (Å²) < 4.78 is 21.7. The van der Waals surface area contributed by atoms with Gasteiger partial charge in [-0.15, -0.1) is 24.0 Å². The van der Waals surface area contributed by atoms with Gasteiger partial charge in [0, 0.05) is 18.7 Å². The zero-order valence-corrected chi connectivity index (χ0v) is 18.7. The van der Waals surface area contributed by atoms with Gasteiger partial charge in [-0.25, -0.2) is 4.99 Å². The molecule has 2 heterocycles. The van der Waals surface area contributed by atoms with Crippen molar-refractivity contribution in [3.8, 4) is 17.2 Å².